The van der Waals surface area contributed by atoms with Crippen LogP contribution >= 0.6 is 0 Å². The van der Waals surface area contributed by atoms with Crippen molar-refractivity contribution < 1.29 is 0 Å². The second-order valence-corrected chi connectivity index (χ2v) is 1.75. The van der Waals surface area contributed by atoms with Gasteiger partial charge < -0.3 is 5.32 Å². The van der Waals surface area contributed by atoms with E-state index in [1.807, 2.05) is 6.08 Å². The Bertz CT molecular complexity index is 223. The molecular formula is C7H9N3. The van der Waals surface area contributed by atoms with Crippen molar-refractivity contribution in [2.24, 2.45) is 9.98 Å². The molecule has 1 aliphatic rings. The van der Waals surface area contributed by atoms with Gasteiger partial charge in [-0.1, -0.05) is 6.58 Å². The average molecular weight is 135 g/mol. The van der Waals surface area contributed by atoms with Crippen LogP contribution in [0.15, 0.2) is 35.0 Å². The maximum atomic E-state index is 3.98. The highest BCUT2D eigenvalue weighted by Crippen LogP contribution is 1.92. The molecule has 0 unspecified atom stereocenters. The van der Waals surface area contributed by atoms with Crippen LogP contribution < -0.4 is 5.32 Å². The minimum atomic E-state index is 0.792. The fourth-order valence-corrected chi connectivity index (χ4v) is 0.734. The Balaban J connectivity index is 2.86. The molecular weight excluding hydrogens is 126 g/mol. The SMILES string of the molecule is C=C/N=C1/C=CN/C1=N/C. The van der Waals surface area contributed by atoms with Crippen LogP contribution in [0.4, 0.5) is 0 Å². The molecule has 0 aliphatic carbocycles. The highest BCUT2D eigenvalue weighted by atomic mass is 15.0. The Morgan fingerprint density at radius 1 is 1.70 bits per heavy atom. The summed E-state index contributed by atoms with van der Waals surface area (Å²) in [6.07, 6.45) is 5.15. The highest BCUT2D eigenvalue weighted by Gasteiger charge is 2.06. The van der Waals surface area contributed by atoms with E-state index in [0.717, 1.165) is 11.5 Å². The van der Waals surface area contributed by atoms with Gasteiger partial charge >= 0.3 is 0 Å². The van der Waals surface area contributed by atoms with E-state index in [4.69, 9.17) is 0 Å². The third kappa shape index (κ3) is 1.13. The summed E-state index contributed by atoms with van der Waals surface area (Å²) in [6, 6.07) is 0. The van der Waals surface area contributed by atoms with E-state index < -0.39 is 0 Å². The Morgan fingerprint density at radius 2 is 2.50 bits per heavy atom. The molecule has 0 radical (unpaired) electrons. The summed E-state index contributed by atoms with van der Waals surface area (Å²) in [5.74, 6) is 0.792. The predicted octanol–water partition coefficient (Wildman–Crippen LogP) is 0.716. The van der Waals surface area contributed by atoms with Gasteiger partial charge in [-0.05, 0) is 6.08 Å². The summed E-state index contributed by atoms with van der Waals surface area (Å²) in [4.78, 5) is 7.93. The van der Waals surface area contributed by atoms with Crippen molar-refractivity contribution in [3.05, 3.63) is 25.1 Å². The number of hydrogen-bond acceptors (Lipinski definition) is 2. The van der Waals surface area contributed by atoms with Gasteiger partial charge in [0.15, 0.2) is 5.84 Å². The summed E-state index contributed by atoms with van der Waals surface area (Å²) in [5, 5.41) is 2.93. The third-order valence-corrected chi connectivity index (χ3v) is 1.16. The van der Waals surface area contributed by atoms with Crippen LogP contribution in [-0.4, -0.2) is 18.6 Å². The lowest BCUT2D eigenvalue weighted by Gasteiger charge is -1.94. The van der Waals surface area contributed by atoms with Crippen LogP contribution in [0.3, 0.4) is 0 Å². The van der Waals surface area contributed by atoms with E-state index in [1.54, 1.807) is 13.2 Å². The smallest absolute Gasteiger partial charge is 0.151 e. The fraction of sp³-hybridized carbons (Fsp3) is 0.143. The van der Waals surface area contributed by atoms with Gasteiger partial charge in [0.25, 0.3) is 0 Å². The fourth-order valence-electron chi connectivity index (χ4n) is 0.734. The highest BCUT2D eigenvalue weighted by molar-refractivity contribution is 6.47. The van der Waals surface area contributed by atoms with Gasteiger partial charge in [-0.25, -0.2) is 0 Å². The molecule has 0 saturated heterocycles. The largest absolute Gasteiger partial charge is 0.345 e. The first-order chi connectivity index (χ1) is 4.88. The standard InChI is InChI=1S/C7H9N3/c1-3-9-6-4-5-10-7(6)8-2/h3-5H,1H2,2H3,(H,8,9,10). The van der Waals surface area contributed by atoms with Gasteiger partial charge in [0.2, 0.25) is 0 Å². The molecule has 0 aromatic carbocycles. The maximum absolute atomic E-state index is 3.98. The van der Waals surface area contributed by atoms with Crippen molar-refractivity contribution in [3.8, 4) is 0 Å². The molecule has 0 aromatic rings. The second-order valence-electron chi connectivity index (χ2n) is 1.75. The molecule has 3 heteroatoms. The van der Waals surface area contributed by atoms with Crippen molar-refractivity contribution in [2.45, 2.75) is 0 Å². The van der Waals surface area contributed by atoms with Gasteiger partial charge in [0.1, 0.15) is 5.71 Å². The molecule has 0 aromatic heterocycles. The van der Waals surface area contributed by atoms with Crippen molar-refractivity contribution in [3.63, 3.8) is 0 Å². The van der Waals surface area contributed by atoms with Crippen molar-refractivity contribution in [1.29, 1.82) is 0 Å². The third-order valence-electron chi connectivity index (χ3n) is 1.16. The number of aliphatic imine (C=N–C) groups is 2. The lowest BCUT2D eigenvalue weighted by Crippen LogP contribution is -2.18. The van der Waals surface area contributed by atoms with E-state index in [1.165, 1.54) is 6.20 Å². The Hall–Kier alpha value is -1.38. The molecule has 0 atom stereocenters. The van der Waals surface area contributed by atoms with Crippen LogP contribution in [-0.2, 0) is 0 Å². The summed E-state index contributed by atoms with van der Waals surface area (Å²) in [6.45, 7) is 3.49. The lowest BCUT2D eigenvalue weighted by molar-refractivity contribution is 1.28. The minimum absolute atomic E-state index is 0.792. The van der Waals surface area contributed by atoms with Crippen molar-refractivity contribution in [2.75, 3.05) is 7.05 Å². The van der Waals surface area contributed by atoms with E-state index in [0.29, 0.717) is 0 Å². The monoisotopic (exact) mass is 135 g/mol. The lowest BCUT2D eigenvalue weighted by atomic mass is 10.4. The Kier molecular flexibility index (Phi) is 1.99. The summed E-state index contributed by atoms with van der Waals surface area (Å²) < 4.78 is 0. The van der Waals surface area contributed by atoms with Gasteiger partial charge in [-0.2, -0.15) is 0 Å². The molecule has 1 heterocycles. The zero-order valence-corrected chi connectivity index (χ0v) is 5.83. The topological polar surface area (TPSA) is 36.8 Å². The van der Waals surface area contributed by atoms with Crippen LogP contribution in [0.1, 0.15) is 0 Å². The molecule has 52 valence electrons. The normalized spacial score (nSPS) is 23.7. The first kappa shape index (κ1) is 6.74. The minimum Gasteiger partial charge on any atom is -0.345 e. The molecule has 0 spiro atoms. The molecule has 10 heavy (non-hydrogen) atoms. The van der Waals surface area contributed by atoms with Crippen LogP contribution in [0.25, 0.3) is 0 Å². The van der Waals surface area contributed by atoms with Crippen LogP contribution in [0.2, 0.25) is 0 Å². The number of nitrogens with zero attached hydrogens (tertiary/aromatic N) is 2. The molecule has 3 nitrogen and oxygen atoms in total. The number of hydrogen-bond donors (Lipinski definition) is 1. The summed E-state index contributed by atoms with van der Waals surface area (Å²) in [5.41, 5.74) is 0.831. The van der Waals surface area contributed by atoms with Crippen molar-refractivity contribution in [1.82, 2.24) is 5.32 Å². The zero-order chi connectivity index (χ0) is 7.40. The van der Waals surface area contributed by atoms with Gasteiger partial charge in [-0.15, -0.1) is 0 Å². The molecule has 0 bridgehead atoms. The van der Waals surface area contributed by atoms with Crippen LogP contribution in [0.5, 0.6) is 0 Å². The van der Waals surface area contributed by atoms with E-state index >= 15 is 0 Å². The molecule has 0 fully saturated rings. The number of nitrogens with one attached hydrogen (secondary N) is 1. The van der Waals surface area contributed by atoms with Gasteiger partial charge in [0.05, 0.1) is 0 Å². The molecule has 1 N–H and O–H groups in total. The first-order valence-electron chi connectivity index (χ1n) is 2.97. The summed E-state index contributed by atoms with van der Waals surface area (Å²) in [7, 11) is 1.72. The van der Waals surface area contributed by atoms with E-state index in [-0.39, 0.29) is 0 Å². The first-order valence-corrected chi connectivity index (χ1v) is 2.97. The Morgan fingerprint density at radius 3 is 3.10 bits per heavy atom. The maximum Gasteiger partial charge on any atom is 0.151 e. The average Bonchev–Trinajstić information content (AvgIpc) is 2.36. The molecule has 0 saturated carbocycles. The number of rotatable bonds is 1. The van der Waals surface area contributed by atoms with Gasteiger partial charge in [0, 0.05) is 19.4 Å². The summed E-state index contributed by atoms with van der Waals surface area (Å²) >= 11 is 0. The Labute approximate surface area is 59.9 Å². The van der Waals surface area contributed by atoms with E-state index in [9.17, 15) is 0 Å². The van der Waals surface area contributed by atoms with Crippen LogP contribution in [0, 0.1) is 0 Å². The second kappa shape index (κ2) is 2.96. The molecule has 1 aliphatic heterocycles. The van der Waals surface area contributed by atoms with Crippen molar-refractivity contribution >= 4 is 11.5 Å². The van der Waals surface area contributed by atoms with Gasteiger partial charge in [-0.3, -0.25) is 9.98 Å². The zero-order valence-electron chi connectivity index (χ0n) is 5.83. The molecule has 1 rings (SSSR count). The number of amidine groups is 1. The predicted molar refractivity (Wildman–Crippen MR) is 43.3 cm³/mol. The molecule has 0 amide bonds. The quantitative estimate of drug-likeness (QED) is 0.565. The van der Waals surface area contributed by atoms with E-state index in [2.05, 4.69) is 21.9 Å².